The van der Waals surface area contributed by atoms with E-state index in [4.69, 9.17) is 0 Å². The number of carbonyl (C=O) groups excluding carboxylic acids is 3. The molecule has 0 unspecified atom stereocenters. The number of nitrogens with zero attached hydrogens (tertiary/aromatic N) is 1. The van der Waals surface area contributed by atoms with Gasteiger partial charge in [-0.1, -0.05) is 18.2 Å². The molecular weight excluding hydrogens is 368 g/mol. The first-order valence-electron chi connectivity index (χ1n) is 8.49. The Balaban J connectivity index is 1.32. The van der Waals surface area contributed by atoms with Crippen molar-refractivity contribution in [2.45, 2.75) is 18.6 Å². The normalized spacial score (nSPS) is 13.2. The fourth-order valence-corrected chi connectivity index (χ4v) is 4.46. The van der Waals surface area contributed by atoms with Crippen LogP contribution < -0.4 is 5.32 Å². The van der Waals surface area contributed by atoms with Crippen molar-refractivity contribution >= 4 is 40.8 Å². The lowest BCUT2D eigenvalue weighted by atomic mass is 10.1. The summed E-state index contributed by atoms with van der Waals surface area (Å²) in [5, 5.41) is 4.94. The van der Waals surface area contributed by atoms with E-state index in [9.17, 15) is 14.4 Å². The summed E-state index contributed by atoms with van der Waals surface area (Å²) in [7, 11) is 0. The molecule has 1 aromatic carbocycles. The fraction of sp³-hybridized carbons (Fsp3) is 0.316. The topological polar surface area (TPSA) is 66.5 Å². The first kappa shape index (κ1) is 18.7. The summed E-state index contributed by atoms with van der Waals surface area (Å²) in [5.41, 5.74) is 0.898. The molecule has 2 aromatic rings. The van der Waals surface area contributed by atoms with Gasteiger partial charge in [0, 0.05) is 35.9 Å². The molecule has 0 fully saturated rings. The van der Waals surface area contributed by atoms with Gasteiger partial charge in [0.2, 0.25) is 5.91 Å². The molecule has 1 aliphatic rings. The van der Waals surface area contributed by atoms with Crippen molar-refractivity contribution in [3.8, 4) is 0 Å². The predicted molar refractivity (Wildman–Crippen MR) is 105 cm³/mol. The number of carbonyl (C=O) groups is 3. The van der Waals surface area contributed by atoms with Crippen LogP contribution in [-0.2, 0) is 10.5 Å². The number of hydrogen-bond donors (Lipinski definition) is 1. The molecule has 0 saturated carbocycles. The molecule has 1 aliphatic heterocycles. The van der Waals surface area contributed by atoms with Crippen LogP contribution >= 0.6 is 23.1 Å². The largest absolute Gasteiger partial charge is 0.355 e. The summed E-state index contributed by atoms with van der Waals surface area (Å²) in [6.45, 7) is 0.898. The van der Waals surface area contributed by atoms with E-state index < -0.39 is 0 Å². The number of nitrogens with one attached hydrogen (secondary N) is 1. The third-order valence-corrected chi connectivity index (χ3v) is 6.12. The van der Waals surface area contributed by atoms with Crippen molar-refractivity contribution < 1.29 is 14.4 Å². The van der Waals surface area contributed by atoms with Crippen molar-refractivity contribution in [3.05, 3.63) is 57.8 Å². The van der Waals surface area contributed by atoms with Crippen molar-refractivity contribution in [1.82, 2.24) is 10.2 Å². The standard InChI is InChI=1S/C19H20N2O3S2/c22-17(20-9-12-25-13-14-5-4-11-26-14)8-3-10-21-18(23)15-6-1-2-7-16(15)19(21)24/h1-2,4-7,11H,3,8-10,12-13H2,(H,20,22). The molecule has 2 heterocycles. The maximum Gasteiger partial charge on any atom is 0.261 e. The summed E-state index contributed by atoms with van der Waals surface area (Å²) >= 11 is 3.53. The van der Waals surface area contributed by atoms with E-state index in [1.165, 1.54) is 9.78 Å². The molecule has 1 aromatic heterocycles. The number of hydrogen-bond acceptors (Lipinski definition) is 5. The highest BCUT2D eigenvalue weighted by Crippen LogP contribution is 2.22. The van der Waals surface area contributed by atoms with Crippen LogP contribution in [0, 0.1) is 0 Å². The van der Waals surface area contributed by atoms with Crippen molar-refractivity contribution in [1.29, 1.82) is 0 Å². The molecule has 7 heteroatoms. The molecule has 26 heavy (non-hydrogen) atoms. The molecule has 0 atom stereocenters. The molecule has 5 nitrogen and oxygen atoms in total. The van der Waals surface area contributed by atoms with E-state index in [1.807, 2.05) is 6.07 Å². The number of thioether (sulfide) groups is 1. The Morgan fingerprint density at radius 1 is 1.08 bits per heavy atom. The van der Waals surface area contributed by atoms with Gasteiger partial charge >= 0.3 is 0 Å². The maximum atomic E-state index is 12.2. The maximum absolute atomic E-state index is 12.2. The third kappa shape index (κ3) is 4.53. The van der Waals surface area contributed by atoms with Gasteiger partial charge in [0.1, 0.15) is 0 Å². The van der Waals surface area contributed by atoms with Crippen molar-refractivity contribution in [2.75, 3.05) is 18.8 Å². The summed E-state index contributed by atoms with van der Waals surface area (Å²) in [6.07, 6.45) is 0.780. The van der Waals surface area contributed by atoms with Crippen LogP contribution in [0.5, 0.6) is 0 Å². The smallest absolute Gasteiger partial charge is 0.261 e. The zero-order valence-electron chi connectivity index (χ0n) is 14.3. The van der Waals surface area contributed by atoms with E-state index in [-0.39, 0.29) is 24.3 Å². The predicted octanol–water partition coefficient (Wildman–Crippen LogP) is 3.17. The Morgan fingerprint density at radius 3 is 2.46 bits per heavy atom. The Labute approximate surface area is 160 Å². The van der Waals surface area contributed by atoms with Gasteiger partial charge in [-0.15, -0.1) is 11.3 Å². The lowest BCUT2D eigenvalue weighted by Crippen LogP contribution is -2.32. The zero-order chi connectivity index (χ0) is 18.4. The number of imide groups is 1. The second-order valence-corrected chi connectivity index (χ2v) is 8.03. The van der Waals surface area contributed by atoms with E-state index >= 15 is 0 Å². The summed E-state index contributed by atoms with van der Waals surface area (Å²) < 4.78 is 0. The molecule has 0 aliphatic carbocycles. The molecule has 3 amide bonds. The van der Waals surface area contributed by atoms with E-state index in [0.717, 1.165) is 11.5 Å². The monoisotopic (exact) mass is 388 g/mol. The first-order valence-corrected chi connectivity index (χ1v) is 10.5. The lowest BCUT2D eigenvalue weighted by Gasteiger charge is -2.13. The van der Waals surface area contributed by atoms with Crippen LogP contribution in [-0.4, -0.2) is 41.5 Å². The highest BCUT2D eigenvalue weighted by Gasteiger charge is 2.34. The van der Waals surface area contributed by atoms with Crippen molar-refractivity contribution in [3.63, 3.8) is 0 Å². The van der Waals surface area contributed by atoms with Crippen LogP contribution in [0.1, 0.15) is 38.4 Å². The SMILES string of the molecule is O=C(CCCN1C(=O)c2ccccc2C1=O)NCCSCc1cccs1. The Hall–Kier alpha value is -2.12. The summed E-state index contributed by atoms with van der Waals surface area (Å²) in [6, 6.07) is 11.0. The Kier molecular flexibility index (Phi) is 6.46. The van der Waals surface area contributed by atoms with Gasteiger partial charge in [0.25, 0.3) is 11.8 Å². The van der Waals surface area contributed by atoms with Gasteiger partial charge in [0.05, 0.1) is 11.1 Å². The van der Waals surface area contributed by atoms with Crippen LogP contribution in [0.3, 0.4) is 0 Å². The Bertz CT molecular complexity index is 755. The summed E-state index contributed by atoms with van der Waals surface area (Å²) in [5.74, 6) is 1.25. The summed E-state index contributed by atoms with van der Waals surface area (Å²) in [4.78, 5) is 38.9. The van der Waals surface area contributed by atoms with Crippen LogP contribution in [0.15, 0.2) is 41.8 Å². The molecular formula is C19H20N2O3S2. The Morgan fingerprint density at radius 2 is 1.81 bits per heavy atom. The molecule has 0 saturated heterocycles. The average molecular weight is 389 g/mol. The van der Waals surface area contributed by atoms with Crippen LogP contribution in [0.25, 0.3) is 0 Å². The van der Waals surface area contributed by atoms with Gasteiger partial charge in [-0.25, -0.2) is 0 Å². The first-order chi connectivity index (χ1) is 12.7. The number of thiophene rings is 1. The molecule has 1 N–H and O–H groups in total. The van der Waals surface area contributed by atoms with Crippen molar-refractivity contribution in [2.24, 2.45) is 0 Å². The van der Waals surface area contributed by atoms with Crippen LogP contribution in [0.2, 0.25) is 0 Å². The molecule has 0 bridgehead atoms. The molecule has 136 valence electrons. The van der Waals surface area contributed by atoms with E-state index in [0.29, 0.717) is 30.5 Å². The highest BCUT2D eigenvalue weighted by atomic mass is 32.2. The third-order valence-electron chi connectivity index (χ3n) is 4.06. The molecule has 0 spiro atoms. The van der Waals surface area contributed by atoms with Gasteiger partial charge in [0.15, 0.2) is 0 Å². The average Bonchev–Trinajstić information content (AvgIpc) is 3.24. The highest BCUT2D eigenvalue weighted by molar-refractivity contribution is 7.98. The second-order valence-electron chi connectivity index (χ2n) is 5.89. The van der Waals surface area contributed by atoms with Gasteiger partial charge < -0.3 is 5.32 Å². The second kappa shape index (κ2) is 9.00. The zero-order valence-corrected chi connectivity index (χ0v) is 15.9. The quantitative estimate of drug-likeness (QED) is 0.529. The minimum Gasteiger partial charge on any atom is -0.355 e. The lowest BCUT2D eigenvalue weighted by molar-refractivity contribution is -0.121. The van der Waals surface area contributed by atoms with Gasteiger partial charge in [-0.05, 0) is 30.0 Å². The van der Waals surface area contributed by atoms with Crippen LogP contribution in [0.4, 0.5) is 0 Å². The molecule has 3 rings (SSSR count). The molecule has 0 radical (unpaired) electrons. The minimum absolute atomic E-state index is 0.0432. The number of rotatable bonds is 9. The fourth-order valence-electron chi connectivity index (χ4n) is 2.76. The van der Waals surface area contributed by atoms with E-state index in [1.54, 1.807) is 47.4 Å². The minimum atomic E-state index is -0.268. The number of fused-ring (bicyclic) bond motifs is 1. The number of amides is 3. The van der Waals surface area contributed by atoms with E-state index in [2.05, 4.69) is 16.8 Å². The van der Waals surface area contributed by atoms with Gasteiger partial charge in [-0.3, -0.25) is 19.3 Å². The van der Waals surface area contributed by atoms with Gasteiger partial charge in [-0.2, -0.15) is 11.8 Å². The number of benzene rings is 1.